The first kappa shape index (κ1) is 16.0. The number of ether oxygens (including phenoxy) is 2. The van der Waals surface area contributed by atoms with Crippen molar-refractivity contribution >= 4 is 11.9 Å². The number of rotatable bonds is 6. The predicted molar refractivity (Wildman–Crippen MR) is 81.4 cm³/mol. The number of carboxylic acids is 1. The quantitative estimate of drug-likeness (QED) is 0.619. The van der Waals surface area contributed by atoms with E-state index in [9.17, 15) is 14.7 Å². The number of β-lactam (4-membered cyclic amide) rings is 1. The Kier molecular flexibility index (Phi) is 4.23. The highest BCUT2D eigenvalue weighted by Crippen LogP contribution is 2.46. The van der Waals surface area contributed by atoms with Crippen molar-refractivity contribution in [1.29, 1.82) is 5.26 Å². The van der Waals surface area contributed by atoms with Gasteiger partial charge >= 0.3 is 5.97 Å². The van der Waals surface area contributed by atoms with E-state index in [0.717, 1.165) is 5.56 Å². The molecule has 7 heteroatoms. The van der Waals surface area contributed by atoms with Gasteiger partial charge in [0.25, 0.3) is 0 Å². The molecule has 1 aromatic carbocycles. The zero-order chi connectivity index (χ0) is 17.2. The molecule has 24 heavy (non-hydrogen) atoms. The van der Waals surface area contributed by atoms with Crippen LogP contribution in [0.15, 0.2) is 42.2 Å². The molecule has 0 radical (unpaired) electrons. The number of amides is 1. The van der Waals surface area contributed by atoms with E-state index in [-0.39, 0.29) is 37.7 Å². The highest BCUT2D eigenvalue weighted by atomic mass is 16.5. The Morgan fingerprint density at radius 1 is 1.50 bits per heavy atom. The zero-order valence-corrected chi connectivity index (χ0v) is 12.8. The summed E-state index contributed by atoms with van der Waals surface area (Å²) in [5.41, 5.74) is -0.787. The summed E-state index contributed by atoms with van der Waals surface area (Å²) in [5, 5.41) is 18.4. The van der Waals surface area contributed by atoms with E-state index in [1.165, 1.54) is 11.0 Å². The van der Waals surface area contributed by atoms with Crippen LogP contribution in [0.4, 0.5) is 0 Å². The van der Waals surface area contributed by atoms with Crippen LogP contribution in [0.3, 0.4) is 0 Å². The molecule has 2 atom stereocenters. The van der Waals surface area contributed by atoms with Crippen LogP contribution in [0.5, 0.6) is 0 Å². The third-order valence-electron chi connectivity index (χ3n) is 4.20. The molecule has 0 spiro atoms. The Morgan fingerprint density at radius 3 is 2.88 bits per heavy atom. The van der Waals surface area contributed by atoms with Crippen molar-refractivity contribution in [3.05, 3.63) is 47.7 Å². The minimum Gasteiger partial charge on any atom is -0.479 e. The topological polar surface area (TPSA) is 99.9 Å². The molecule has 2 heterocycles. The molecule has 1 amide bonds. The van der Waals surface area contributed by atoms with Gasteiger partial charge in [-0.3, -0.25) is 9.69 Å². The highest BCUT2D eigenvalue weighted by molar-refractivity contribution is 5.94. The molecular formula is C17H16N2O5. The maximum absolute atomic E-state index is 12.2. The normalized spacial score (nSPS) is 26.5. The van der Waals surface area contributed by atoms with Gasteiger partial charge in [0.1, 0.15) is 12.4 Å². The van der Waals surface area contributed by atoms with Crippen LogP contribution >= 0.6 is 0 Å². The van der Waals surface area contributed by atoms with Crippen molar-refractivity contribution in [2.75, 3.05) is 13.2 Å². The minimum absolute atomic E-state index is 0.0431. The summed E-state index contributed by atoms with van der Waals surface area (Å²) in [6.07, 6.45) is 1.22. The molecule has 0 aliphatic carbocycles. The van der Waals surface area contributed by atoms with E-state index in [1.54, 1.807) is 0 Å². The number of aliphatic carboxylic acids is 1. The number of nitriles is 1. The fourth-order valence-electron chi connectivity index (χ4n) is 3.11. The number of carbonyl (C=O) groups is 2. The van der Waals surface area contributed by atoms with Gasteiger partial charge in [0.15, 0.2) is 6.23 Å². The lowest BCUT2D eigenvalue weighted by molar-refractivity contribution is -0.170. The monoisotopic (exact) mass is 328 g/mol. The Morgan fingerprint density at radius 2 is 2.25 bits per heavy atom. The zero-order valence-electron chi connectivity index (χ0n) is 12.8. The van der Waals surface area contributed by atoms with Crippen molar-refractivity contribution in [2.24, 2.45) is 0 Å². The average Bonchev–Trinajstić information content (AvgIpc) is 2.81. The second kappa shape index (κ2) is 6.34. The summed E-state index contributed by atoms with van der Waals surface area (Å²) in [6, 6.07) is 10.9. The van der Waals surface area contributed by atoms with Crippen molar-refractivity contribution in [3.63, 3.8) is 0 Å². The van der Waals surface area contributed by atoms with Crippen LogP contribution in [0.25, 0.3) is 0 Å². The molecule has 0 aromatic heterocycles. The smallest absolute Gasteiger partial charge is 0.338 e. The molecule has 3 rings (SSSR count). The van der Waals surface area contributed by atoms with Crippen molar-refractivity contribution in [3.8, 4) is 6.07 Å². The van der Waals surface area contributed by atoms with E-state index in [1.807, 2.05) is 36.4 Å². The maximum atomic E-state index is 12.2. The third-order valence-corrected chi connectivity index (χ3v) is 4.20. The van der Waals surface area contributed by atoms with Crippen molar-refractivity contribution in [2.45, 2.75) is 24.6 Å². The SMILES string of the molecule is N#CCOC/C=C1\O[C@@H]2CC(=O)N2[C@@]1(Cc1ccccc1)C(=O)O. The van der Waals surface area contributed by atoms with E-state index in [4.69, 9.17) is 14.7 Å². The Hall–Kier alpha value is -2.85. The summed E-state index contributed by atoms with van der Waals surface area (Å²) in [5.74, 6) is -1.21. The number of carbonyl (C=O) groups excluding carboxylic acids is 1. The summed E-state index contributed by atoms with van der Waals surface area (Å²) in [7, 11) is 0. The number of benzene rings is 1. The predicted octanol–water partition coefficient (Wildman–Crippen LogP) is 1.07. The molecular weight excluding hydrogens is 312 g/mol. The maximum Gasteiger partial charge on any atom is 0.338 e. The van der Waals surface area contributed by atoms with Gasteiger partial charge in [-0.2, -0.15) is 5.26 Å². The van der Waals surface area contributed by atoms with E-state index >= 15 is 0 Å². The standard InChI is InChI=1S/C17H16N2O5/c18-7-9-23-8-6-13-17(16(21)22,11-12-4-2-1-3-5-12)19-14(20)10-15(19)24-13/h1-6,15H,8-11H2,(H,21,22)/b13-6-/t15-,17-/m1/s1. The average molecular weight is 328 g/mol. The molecule has 124 valence electrons. The molecule has 2 aliphatic heterocycles. The molecule has 0 unspecified atom stereocenters. The van der Waals surface area contributed by atoms with Crippen LogP contribution in [-0.2, 0) is 25.5 Å². The van der Waals surface area contributed by atoms with Crippen LogP contribution in [0, 0.1) is 11.3 Å². The highest BCUT2D eigenvalue weighted by Gasteiger charge is 2.64. The number of nitrogens with zero attached hydrogens (tertiary/aromatic N) is 2. The van der Waals surface area contributed by atoms with Crippen LogP contribution in [0.1, 0.15) is 12.0 Å². The number of fused-ring (bicyclic) bond motifs is 1. The van der Waals surface area contributed by atoms with Crippen LogP contribution in [0.2, 0.25) is 0 Å². The second-order valence-corrected chi connectivity index (χ2v) is 5.61. The molecule has 1 aromatic rings. The third kappa shape index (κ3) is 2.51. The van der Waals surface area contributed by atoms with Gasteiger partial charge in [0, 0.05) is 6.42 Å². The molecule has 2 saturated heterocycles. The summed E-state index contributed by atoms with van der Waals surface area (Å²) in [6.45, 7) is -0.0595. The van der Waals surface area contributed by atoms with Gasteiger partial charge < -0.3 is 14.6 Å². The molecule has 2 aliphatic rings. The van der Waals surface area contributed by atoms with Gasteiger partial charge in [-0.1, -0.05) is 30.3 Å². The van der Waals surface area contributed by atoms with Crippen molar-refractivity contribution in [1.82, 2.24) is 4.90 Å². The lowest BCUT2D eigenvalue weighted by Crippen LogP contribution is -2.63. The Bertz CT molecular complexity index is 724. The largest absolute Gasteiger partial charge is 0.479 e. The summed E-state index contributed by atoms with van der Waals surface area (Å²) >= 11 is 0. The first-order chi connectivity index (χ1) is 11.6. The van der Waals surface area contributed by atoms with Gasteiger partial charge in [0.2, 0.25) is 11.4 Å². The van der Waals surface area contributed by atoms with E-state index in [2.05, 4.69) is 0 Å². The minimum atomic E-state index is -1.57. The van der Waals surface area contributed by atoms with Crippen LogP contribution in [-0.4, -0.2) is 46.9 Å². The molecule has 1 N–H and O–H groups in total. The lowest BCUT2D eigenvalue weighted by atomic mass is 9.85. The van der Waals surface area contributed by atoms with Crippen molar-refractivity contribution < 1.29 is 24.2 Å². The second-order valence-electron chi connectivity index (χ2n) is 5.61. The van der Waals surface area contributed by atoms with E-state index < -0.39 is 17.7 Å². The van der Waals surface area contributed by atoms with Gasteiger partial charge in [0.05, 0.1) is 19.1 Å². The number of hydrogen-bond donors (Lipinski definition) is 1. The first-order valence-electron chi connectivity index (χ1n) is 7.51. The first-order valence-corrected chi connectivity index (χ1v) is 7.51. The van der Waals surface area contributed by atoms with Gasteiger partial charge in [-0.15, -0.1) is 0 Å². The number of carboxylic acid groups (broad SMARTS) is 1. The fraction of sp³-hybridized carbons (Fsp3) is 0.353. The summed E-state index contributed by atoms with van der Waals surface area (Å²) < 4.78 is 10.8. The Labute approximate surface area is 138 Å². The lowest BCUT2D eigenvalue weighted by Gasteiger charge is -2.40. The molecule has 2 fully saturated rings. The van der Waals surface area contributed by atoms with E-state index in [0.29, 0.717) is 0 Å². The Balaban J connectivity index is 1.96. The van der Waals surface area contributed by atoms with Crippen LogP contribution < -0.4 is 0 Å². The summed E-state index contributed by atoms with van der Waals surface area (Å²) in [4.78, 5) is 25.5. The number of hydrogen-bond acceptors (Lipinski definition) is 5. The fourth-order valence-corrected chi connectivity index (χ4v) is 3.11. The molecule has 0 saturated carbocycles. The molecule has 0 bridgehead atoms. The molecule has 7 nitrogen and oxygen atoms in total. The van der Waals surface area contributed by atoms with Gasteiger partial charge in [-0.25, -0.2) is 4.79 Å². The van der Waals surface area contributed by atoms with Gasteiger partial charge in [-0.05, 0) is 11.6 Å².